The summed E-state index contributed by atoms with van der Waals surface area (Å²) in [5.74, 6) is 0. The van der Waals surface area contributed by atoms with E-state index in [4.69, 9.17) is 24.7 Å². The highest BCUT2D eigenvalue weighted by molar-refractivity contribution is 7.46. The maximum atomic E-state index is 10.8. The van der Waals surface area contributed by atoms with Crippen molar-refractivity contribution in [3.8, 4) is 0 Å². The zero-order valence-electron chi connectivity index (χ0n) is 15.2. The number of phosphoric acid groups is 2. The summed E-state index contributed by atoms with van der Waals surface area (Å²) in [5, 5.41) is 27.8. The van der Waals surface area contributed by atoms with Gasteiger partial charge in [-0.3, -0.25) is 9.05 Å². The summed E-state index contributed by atoms with van der Waals surface area (Å²) in [6.45, 7) is 9.20. The molecule has 0 radical (unpaired) electrons. The number of aliphatic hydroxyl groups is 3. The minimum atomic E-state index is -5.18. The highest BCUT2D eigenvalue weighted by Gasteiger charge is 2.50. The van der Waals surface area contributed by atoms with Gasteiger partial charge >= 0.3 is 15.6 Å². The third kappa shape index (κ3) is 10.4. The highest BCUT2D eigenvalue weighted by Crippen LogP contribution is 2.46. The Labute approximate surface area is 157 Å². The van der Waals surface area contributed by atoms with Gasteiger partial charge in [0.25, 0.3) is 0 Å². The molecule has 15 heteroatoms. The van der Waals surface area contributed by atoms with Gasteiger partial charge in [0.15, 0.2) is 6.29 Å². The standard InChI is InChI=1S/C6H15N.C6H14O12P2/c1-4-7(5-2)6-3;7-1-2-4(17-19(10,11)12)5(18-20(13,14)15)3(8)6(9)16-2/h4-6H2,1-3H3;2-9H,1H2,(H2,10,11,12)(H2,13,14,15)/t;2-,3-,4-,5-,6?/m.1/s1. The fraction of sp³-hybridized carbons (Fsp3) is 1.00. The monoisotopic (exact) mass is 441 g/mol. The van der Waals surface area contributed by atoms with E-state index in [-0.39, 0.29) is 0 Å². The molecule has 27 heavy (non-hydrogen) atoms. The van der Waals surface area contributed by atoms with E-state index in [9.17, 15) is 19.3 Å². The van der Waals surface area contributed by atoms with Crippen molar-refractivity contribution in [1.29, 1.82) is 0 Å². The number of hydrogen-bond acceptors (Lipinski definition) is 9. The van der Waals surface area contributed by atoms with Crippen LogP contribution in [0.5, 0.6) is 0 Å². The van der Waals surface area contributed by atoms with Crippen molar-refractivity contribution in [3.63, 3.8) is 0 Å². The van der Waals surface area contributed by atoms with Crippen LogP contribution in [-0.2, 0) is 22.9 Å². The summed E-state index contributed by atoms with van der Waals surface area (Å²) in [4.78, 5) is 37.2. The Hall–Kier alpha value is 0.0200. The average Bonchev–Trinajstić information content (AvgIpc) is 2.54. The first kappa shape index (κ1) is 27.0. The summed E-state index contributed by atoms with van der Waals surface area (Å²) in [6, 6.07) is 0. The summed E-state index contributed by atoms with van der Waals surface area (Å²) >= 11 is 0. The molecule has 164 valence electrons. The Morgan fingerprint density at radius 3 is 1.59 bits per heavy atom. The van der Waals surface area contributed by atoms with Crippen LogP contribution in [0.15, 0.2) is 0 Å². The highest BCUT2D eigenvalue weighted by atomic mass is 31.2. The molecular weight excluding hydrogens is 412 g/mol. The van der Waals surface area contributed by atoms with Gasteiger partial charge in [0.05, 0.1) is 6.61 Å². The van der Waals surface area contributed by atoms with Gasteiger partial charge in [-0.15, -0.1) is 0 Å². The van der Waals surface area contributed by atoms with E-state index < -0.39 is 53.0 Å². The lowest BCUT2D eigenvalue weighted by atomic mass is 9.99. The van der Waals surface area contributed by atoms with Crippen LogP contribution in [0.4, 0.5) is 0 Å². The Balaban J connectivity index is 0.000000821. The molecule has 1 heterocycles. The minimum absolute atomic E-state index is 0.921. The van der Waals surface area contributed by atoms with Crippen LogP contribution < -0.4 is 0 Å². The molecule has 1 saturated heterocycles. The lowest BCUT2D eigenvalue weighted by Crippen LogP contribution is -2.59. The normalized spacial score (nSPS) is 29.4. The molecule has 1 aliphatic heterocycles. The number of phosphoric ester groups is 2. The SMILES string of the molecule is CCN(CC)CC.O=P(O)(O)O[C@H]1[C@H](OP(=O)(O)O)[C@@H](O)C(O)O[C@@H]1CO. The van der Waals surface area contributed by atoms with Crippen molar-refractivity contribution in [2.45, 2.75) is 51.5 Å². The zero-order valence-corrected chi connectivity index (χ0v) is 17.0. The van der Waals surface area contributed by atoms with Gasteiger partial charge in [0.2, 0.25) is 0 Å². The van der Waals surface area contributed by atoms with Crippen LogP contribution in [0.1, 0.15) is 20.8 Å². The van der Waals surface area contributed by atoms with Gasteiger partial charge in [-0.1, -0.05) is 20.8 Å². The Kier molecular flexibility index (Phi) is 11.9. The molecule has 0 spiro atoms. The van der Waals surface area contributed by atoms with E-state index in [1.54, 1.807) is 0 Å². The first-order chi connectivity index (χ1) is 12.3. The van der Waals surface area contributed by atoms with Gasteiger partial charge in [-0.05, 0) is 19.6 Å². The van der Waals surface area contributed by atoms with E-state index in [1.807, 2.05) is 0 Å². The van der Waals surface area contributed by atoms with E-state index in [0.717, 1.165) is 0 Å². The number of aliphatic hydroxyl groups excluding tert-OH is 3. The van der Waals surface area contributed by atoms with Crippen LogP contribution in [-0.4, -0.2) is 96.7 Å². The molecule has 0 aromatic carbocycles. The van der Waals surface area contributed by atoms with Crippen molar-refractivity contribution in [3.05, 3.63) is 0 Å². The minimum Gasteiger partial charge on any atom is -0.394 e. The predicted molar refractivity (Wildman–Crippen MR) is 91.3 cm³/mol. The quantitative estimate of drug-likeness (QED) is 0.211. The zero-order chi connectivity index (χ0) is 21.4. The van der Waals surface area contributed by atoms with Crippen LogP contribution in [0.25, 0.3) is 0 Å². The first-order valence-corrected chi connectivity index (χ1v) is 11.2. The second-order valence-corrected chi connectivity index (χ2v) is 7.86. The Morgan fingerprint density at radius 2 is 1.30 bits per heavy atom. The molecule has 0 bridgehead atoms. The maximum Gasteiger partial charge on any atom is 0.470 e. The average molecular weight is 441 g/mol. The van der Waals surface area contributed by atoms with Crippen molar-refractivity contribution < 1.29 is 57.8 Å². The fourth-order valence-electron chi connectivity index (χ4n) is 2.29. The van der Waals surface area contributed by atoms with Crippen molar-refractivity contribution in [2.24, 2.45) is 0 Å². The molecule has 1 aliphatic rings. The number of rotatable bonds is 8. The summed E-state index contributed by atoms with van der Waals surface area (Å²) in [6.07, 6.45) is -9.61. The largest absolute Gasteiger partial charge is 0.470 e. The van der Waals surface area contributed by atoms with Crippen LogP contribution >= 0.6 is 15.6 Å². The van der Waals surface area contributed by atoms with Gasteiger partial charge < -0.3 is 44.5 Å². The van der Waals surface area contributed by atoms with Gasteiger partial charge in [-0.2, -0.15) is 0 Å². The Morgan fingerprint density at radius 1 is 0.889 bits per heavy atom. The van der Waals surface area contributed by atoms with Crippen molar-refractivity contribution >= 4 is 15.6 Å². The molecule has 5 atom stereocenters. The number of ether oxygens (including phenoxy) is 1. The second-order valence-electron chi connectivity index (χ2n) is 5.48. The lowest BCUT2D eigenvalue weighted by Gasteiger charge is -2.41. The van der Waals surface area contributed by atoms with E-state index in [1.165, 1.54) is 19.6 Å². The molecule has 0 amide bonds. The molecule has 13 nitrogen and oxygen atoms in total. The lowest BCUT2D eigenvalue weighted by molar-refractivity contribution is -0.280. The van der Waals surface area contributed by atoms with Crippen molar-refractivity contribution in [2.75, 3.05) is 26.2 Å². The molecule has 1 fully saturated rings. The smallest absolute Gasteiger partial charge is 0.394 e. The molecular formula is C12H29NO12P2. The summed E-state index contributed by atoms with van der Waals surface area (Å²) in [5.41, 5.74) is 0. The summed E-state index contributed by atoms with van der Waals surface area (Å²) in [7, 11) is -10.3. The molecule has 0 aromatic heterocycles. The molecule has 1 rings (SSSR count). The number of nitrogens with zero attached hydrogens (tertiary/aromatic N) is 1. The molecule has 1 unspecified atom stereocenters. The predicted octanol–water partition coefficient (Wildman–Crippen LogP) is -1.64. The van der Waals surface area contributed by atoms with Crippen LogP contribution in [0, 0.1) is 0 Å². The van der Waals surface area contributed by atoms with Crippen LogP contribution in [0.3, 0.4) is 0 Å². The van der Waals surface area contributed by atoms with Crippen molar-refractivity contribution in [1.82, 2.24) is 4.90 Å². The maximum absolute atomic E-state index is 10.8. The van der Waals surface area contributed by atoms with E-state index >= 15 is 0 Å². The third-order valence-corrected chi connectivity index (χ3v) is 4.71. The molecule has 0 saturated carbocycles. The van der Waals surface area contributed by atoms with Crippen LogP contribution in [0.2, 0.25) is 0 Å². The van der Waals surface area contributed by atoms with E-state index in [0.29, 0.717) is 0 Å². The van der Waals surface area contributed by atoms with E-state index in [2.05, 4.69) is 39.5 Å². The van der Waals surface area contributed by atoms with Gasteiger partial charge in [0, 0.05) is 0 Å². The third-order valence-electron chi connectivity index (χ3n) is 3.67. The van der Waals surface area contributed by atoms with Gasteiger partial charge in [0.1, 0.15) is 24.4 Å². The fourth-order valence-corrected chi connectivity index (χ4v) is 3.42. The molecule has 0 aliphatic carbocycles. The van der Waals surface area contributed by atoms with Gasteiger partial charge in [-0.25, -0.2) is 9.13 Å². The first-order valence-electron chi connectivity index (χ1n) is 8.12. The topological polar surface area (TPSA) is 207 Å². The molecule has 7 N–H and O–H groups in total. The Bertz CT molecular complexity index is 477. The molecule has 0 aromatic rings. The summed E-state index contributed by atoms with van der Waals surface area (Å²) < 4.78 is 34.5. The second kappa shape index (κ2) is 11.9. The number of hydrogen-bond donors (Lipinski definition) is 7.